The van der Waals surface area contributed by atoms with Crippen LogP contribution >= 0.6 is 54.8 Å². The topological polar surface area (TPSA) is 604 Å². The van der Waals surface area contributed by atoms with Gasteiger partial charge in [-0.1, -0.05) is 0 Å². The van der Waals surface area contributed by atoms with Gasteiger partial charge in [0, 0.05) is 0 Å². The summed E-state index contributed by atoms with van der Waals surface area (Å²) in [6.07, 6.45) is 0. The molecule has 0 saturated heterocycles. The van der Waals surface area contributed by atoms with Crippen LogP contribution in [-0.4, -0.2) is 0 Å². The zero-order valence-electron chi connectivity index (χ0n) is 23.0. The van der Waals surface area contributed by atoms with Crippen molar-refractivity contribution >= 4 is 54.8 Å². The molecule has 0 aromatic heterocycles. The van der Waals surface area contributed by atoms with Gasteiger partial charge in [-0.15, -0.1) is 0 Å². The van der Waals surface area contributed by atoms with E-state index in [0.717, 1.165) is 0 Å². The van der Waals surface area contributed by atoms with Crippen LogP contribution in [0, 0.1) is 0 Å². The molecule has 0 aliphatic carbocycles. The minimum absolute atomic E-state index is 0. The van der Waals surface area contributed by atoms with Gasteiger partial charge in [-0.25, -0.2) is 0 Å². The van der Waals surface area contributed by atoms with E-state index in [4.69, 9.17) is 135 Å². The Labute approximate surface area is 420 Å². The average molecular weight is 1330 g/mol. The molecule has 0 atom stereocenters. The molecule has 44 heavy (non-hydrogen) atoms. The Morgan fingerprint density at radius 3 is 0.227 bits per heavy atom. The van der Waals surface area contributed by atoms with Gasteiger partial charge in [0.15, 0.2) is 0 Å². The standard InChI is InChI=1S/3Ag.3Na.7H3O4P.3Zr/c;;;;;;7*1-5(2,3)4;;;/h;;;;;;7*(H3,1,2,3,4);;;/q6*+1;;;;;;;;3*+4/p-18. The normalized spacial score (nSPS) is 9.39. The van der Waals surface area contributed by atoms with Crippen molar-refractivity contribution in [3.05, 3.63) is 0 Å². The minimum atomic E-state index is -5.39. The maximum absolute atomic E-state index is 8.55. The Bertz CT molecular complexity index is 608. The van der Waals surface area contributed by atoms with E-state index in [1.807, 2.05) is 0 Å². The molecule has 44 heteroatoms. The second kappa shape index (κ2) is 51.6. The fraction of sp³-hybridized carbons (Fsp3) is 0. The average Bonchev–Trinajstić information content (AvgIpc) is 2.06. The summed E-state index contributed by atoms with van der Waals surface area (Å²) < 4.78 is 59.8. The molecule has 0 spiro atoms. The molecule has 0 N–H and O–H groups in total. The first-order valence-corrected chi connectivity index (χ1v) is 15.3. The van der Waals surface area contributed by atoms with Crippen molar-refractivity contribution in [2.45, 2.75) is 0 Å². The third-order valence-electron chi connectivity index (χ3n) is 0. The summed E-state index contributed by atoms with van der Waals surface area (Å²) in [4.78, 5) is 180. The van der Waals surface area contributed by atoms with E-state index >= 15 is 0 Å². The number of hydrogen-bond donors (Lipinski definition) is 0. The van der Waals surface area contributed by atoms with Crippen molar-refractivity contribution in [3.63, 3.8) is 0 Å². The second-order valence-corrected chi connectivity index (χ2v) is 9.39. The van der Waals surface area contributed by atoms with E-state index in [1.165, 1.54) is 0 Å². The molecule has 0 aromatic carbocycles. The van der Waals surface area contributed by atoms with E-state index in [-0.39, 0.29) is 239 Å². The van der Waals surface area contributed by atoms with Gasteiger partial charge in [-0.2, -0.15) is 54.8 Å². The van der Waals surface area contributed by atoms with Crippen LogP contribution in [0.15, 0.2) is 0 Å². The molecule has 0 bridgehead atoms. The van der Waals surface area contributed by atoms with Crippen molar-refractivity contribution in [1.82, 2.24) is 0 Å². The Morgan fingerprint density at radius 2 is 0.227 bits per heavy atom. The van der Waals surface area contributed by atoms with Crippen LogP contribution in [0.5, 0.6) is 0 Å². The van der Waals surface area contributed by atoms with E-state index < -0.39 is 54.8 Å². The van der Waals surface area contributed by atoms with Crippen LogP contribution in [0.25, 0.3) is 0 Å². The predicted molar refractivity (Wildman–Crippen MR) is 56.6 cm³/mol. The molecule has 0 aromatic rings. The van der Waals surface area contributed by atoms with E-state index in [2.05, 4.69) is 0 Å². The molecule has 0 heterocycles. The van der Waals surface area contributed by atoms with E-state index in [9.17, 15) is 0 Å². The first-order valence-electron chi connectivity index (χ1n) is 5.11. The van der Waals surface area contributed by atoms with Crippen LogP contribution in [0.3, 0.4) is 0 Å². The van der Waals surface area contributed by atoms with Crippen LogP contribution in [0.4, 0.5) is 0 Å². The van der Waals surface area contributed by atoms with Crippen LogP contribution in [-0.2, 0) is 178 Å². The summed E-state index contributed by atoms with van der Waals surface area (Å²) in [5.41, 5.74) is 0. The van der Waals surface area contributed by atoms with Gasteiger partial charge >= 0.3 is 239 Å². The molecule has 0 aliphatic rings. The SMILES string of the molecule is O=P([O-])([O-])[O-].O=P([O-])([O-])[O-].O=P([O-])([O-])[O-].O=P([O-])([O-])[O-].O=P([O-])([O-])[O-].O=P([O-])([O-])[O-].O=P([O-])([O-])[O-].[Ag+].[Ag+].[Ag+].[H+].[H+].[H+].[Na+].[Na+].[Na+].[Zr+4].[Zr+4].[Zr+4]. The molecule has 0 rings (SSSR count). The molecular weight excluding hydrogens is 1330 g/mol. The zero-order chi connectivity index (χ0) is 31.5. The third-order valence-corrected chi connectivity index (χ3v) is 0. The fourth-order valence-corrected chi connectivity index (χ4v) is 0. The second-order valence-electron chi connectivity index (χ2n) is 3.13. The predicted octanol–water partition coefficient (Wildman–Crippen LogP) is -28.4. The van der Waals surface area contributed by atoms with E-state index in [1.54, 1.807) is 0 Å². The molecule has 0 unspecified atom stereocenters. The summed E-state index contributed by atoms with van der Waals surface area (Å²) in [6.45, 7) is 0. The number of phosphoric acid groups is 7. The van der Waals surface area contributed by atoms with Crippen molar-refractivity contribution in [2.24, 2.45) is 0 Å². The summed E-state index contributed by atoms with van der Waals surface area (Å²) >= 11 is 0. The van der Waals surface area contributed by atoms with Crippen molar-refractivity contribution in [1.29, 1.82) is 0 Å². The maximum atomic E-state index is 8.55. The molecular formula is H3Ag3Na3O28P7Zr3. The molecule has 0 amide bonds. The van der Waals surface area contributed by atoms with Crippen molar-refractivity contribution < 1.29 is 373 Å². The van der Waals surface area contributed by atoms with Gasteiger partial charge in [0.05, 0.1) is 0 Å². The maximum Gasteiger partial charge on any atom is 4.00 e. The summed E-state index contributed by atoms with van der Waals surface area (Å²) in [6, 6.07) is 0. The first kappa shape index (κ1) is 105. The Kier molecular flexibility index (Phi) is 123. The quantitative estimate of drug-likeness (QED) is 0.160. The number of hydrogen-bond acceptors (Lipinski definition) is 28. The van der Waals surface area contributed by atoms with Crippen LogP contribution in [0.2, 0.25) is 0 Å². The van der Waals surface area contributed by atoms with Gasteiger partial charge in [0.25, 0.3) is 0 Å². The Hall–Kier alpha value is 8.64. The van der Waals surface area contributed by atoms with Gasteiger partial charge in [-0.05, 0) is 0 Å². The van der Waals surface area contributed by atoms with Crippen molar-refractivity contribution in [3.8, 4) is 0 Å². The smallest absolute Gasteiger partial charge is 0.822 e. The van der Waals surface area contributed by atoms with E-state index in [0.29, 0.717) is 0 Å². The third kappa shape index (κ3) is 1670. The molecule has 0 aliphatic heterocycles. The minimum Gasteiger partial charge on any atom is -0.822 e. The summed E-state index contributed by atoms with van der Waals surface area (Å²) in [5, 5.41) is 0. The van der Waals surface area contributed by atoms with Gasteiger partial charge in [0.2, 0.25) is 0 Å². The van der Waals surface area contributed by atoms with Gasteiger partial charge in [0.1, 0.15) is 0 Å². The molecule has 0 fully saturated rings. The molecule has 28 nitrogen and oxygen atoms in total. The Morgan fingerprint density at radius 1 is 0.227 bits per heavy atom. The Balaban J connectivity index is -0.0000000110. The van der Waals surface area contributed by atoms with Crippen LogP contribution in [0.1, 0.15) is 4.28 Å². The first-order chi connectivity index (χ1) is 14.0. The molecule has 254 valence electrons. The largest absolute Gasteiger partial charge is 4.00 e. The van der Waals surface area contributed by atoms with Gasteiger partial charge in [-0.3, -0.25) is 0 Å². The number of rotatable bonds is 0. The van der Waals surface area contributed by atoms with Crippen LogP contribution < -0.4 is 191 Å². The molecule has 0 saturated carbocycles. The molecule has 0 radical (unpaired) electrons. The fourth-order valence-electron chi connectivity index (χ4n) is 0. The summed E-state index contributed by atoms with van der Waals surface area (Å²) in [7, 11) is -37.7. The monoisotopic (exact) mass is 1330 g/mol. The zero-order valence-corrected chi connectivity index (χ0v) is 44.0. The van der Waals surface area contributed by atoms with Crippen molar-refractivity contribution in [2.75, 3.05) is 0 Å². The van der Waals surface area contributed by atoms with Gasteiger partial charge < -0.3 is 135 Å². The summed E-state index contributed by atoms with van der Waals surface area (Å²) in [5.74, 6) is 0.